The van der Waals surface area contributed by atoms with Gasteiger partial charge in [0.05, 0.1) is 32.7 Å². The number of carbonyl (C=O) groups excluding carboxylic acids is 1. The Morgan fingerprint density at radius 3 is 2.39 bits per heavy atom. The van der Waals surface area contributed by atoms with Crippen molar-refractivity contribution in [2.24, 2.45) is 0 Å². The topological polar surface area (TPSA) is 98.9 Å². The third kappa shape index (κ3) is 5.48. The first-order chi connectivity index (χ1) is 15.9. The fraction of sp³-hybridized carbons (Fsp3) is 0.167. The van der Waals surface area contributed by atoms with Crippen molar-refractivity contribution in [2.75, 3.05) is 44.3 Å². The van der Waals surface area contributed by atoms with Gasteiger partial charge in [0.1, 0.15) is 5.82 Å². The summed E-state index contributed by atoms with van der Waals surface area (Å²) in [6.45, 7) is 0. The summed E-state index contributed by atoms with van der Waals surface area (Å²) in [5, 5.41) is 3.24. The summed E-state index contributed by atoms with van der Waals surface area (Å²) in [4.78, 5) is 18.8. The molecule has 2 aromatic carbocycles. The van der Waals surface area contributed by atoms with Crippen molar-refractivity contribution >= 4 is 46.5 Å². The van der Waals surface area contributed by atoms with E-state index >= 15 is 0 Å². The average molecular weight is 469 g/mol. The number of rotatable bonds is 8. The second-order valence-electron chi connectivity index (χ2n) is 6.91. The lowest BCUT2D eigenvalue weighted by Crippen LogP contribution is -2.13. The van der Waals surface area contributed by atoms with Crippen molar-refractivity contribution < 1.29 is 19.0 Å². The fourth-order valence-corrected chi connectivity index (χ4v) is 3.37. The minimum Gasteiger partial charge on any atom is -0.493 e. The largest absolute Gasteiger partial charge is 0.493 e. The Bertz CT molecular complexity index is 1160. The molecule has 0 unspecified atom stereocenters. The van der Waals surface area contributed by atoms with E-state index in [9.17, 15) is 4.79 Å². The van der Waals surface area contributed by atoms with E-state index in [1.807, 2.05) is 30.1 Å². The minimum absolute atomic E-state index is 0.339. The summed E-state index contributed by atoms with van der Waals surface area (Å²) in [5.74, 6) is 1.82. The number of hydrogen-bond acceptors (Lipinski definition) is 7. The molecule has 0 aliphatic heterocycles. The van der Waals surface area contributed by atoms with Gasteiger partial charge in [0, 0.05) is 47.7 Å². The van der Waals surface area contributed by atoms with Crippen LogP contribution in [0.2, 0.25) is 5.02 Å². The van der Waals surface area contributed by atoms with E-state index in [1.54, 1.807) is 57.9 Å². The summed E-state index contributed by atoms with van der Waals surface area (Å²) in [6.07, 6.45) is 4.77. The number of carbonyl (C=O) groups is 1. The first kappa shape index (κ1) is 23.7. The predicted molar refractivity (Wildman–Crippen MR) is 132 cm³/mol. The number of benzene rings is 2. The molecule has 1 amide bonds. The van der Waals surface area contributed by atoms with E-state index in [0.29, 0.717) is 39.5 Å². The van der Waals surface area contributed by atoms with Gasteiger partial charge in [0.15, 0.2) is 11.5 Å². The summed E-state index contributed by atoms with van der Waals surface area (Å²) < 4.78 is 16.3. The molecule has 1 heterocycles. The highest BCUT2D eigenvalue weighted by atomic mass is 35.5. The van der Waals surface area contributed by atoms with Crippen molar-refractivity contribution in [1.29, 1.82) is 0 Å². The van der Waals surface area contributed by atoms with Crippen LogP contribution in [0.1, 0.15) is 5.56 Å². The number of anilines is 4. The van der Waals surface area contributed by atoms with Gasteiger partial charge in [-0.25, -0.2) is 4.98 Å². The number of nitrogens with two attached hydrogens (primary N) is 1. The van der Waals surface area contributed by atoms with E-state index in [4.69, 9.17) is 31.5 Å². The number of aromatic nitrogens is 1. The van der Waals surface area contributed by atoms with Crippen LogP contribution in [0.5, 0.6) is 17.2 Å². The van der Waals surface area contributed by atoms with Crippen molar-refractivity contribution in [3.8, 4) is 17.2 Å². The Morgan fingerprint density at radius 1 is 1.09 bits per heavy atom. The second kappa shape index (κ2) is 10.6. The van der Waals surface area contributed by atoms with E-state index in [-0.39, 0.29) is 5.91 Å². The summed E-state index contributed by atoms with van der Waals surface area (Å²) in [6, 6.07) is 12.2. The first-order valence-corrected chi connectivity index (χ1v) is 10.3. The number of halogens is 1. The molecule has 0 atom stereocenters. The molecule has 3 rings (SSSR count). The van der Waals surface area contributed by atoms with Crippen LogP contribution in [0.25, 0.3) is 6.08 Å². The Balaban J connectivity index is 1.87. The first-order valence-electron chi connectivity index (χ1n) is 9.90. The van der Waals surface area contributed by atoms with Crippen molar-refractivity contribution in [2.45, 2.75) is 0 Å². The molecule has 0 aliphatic rings. The van der Waals surface area contributed by atoms with Gasteiger partial charge >= 0.3 is 0 Å². The van der Waals surface area contributed by atoms with Gasteiger partial charge in [-0.1, -0.05) is 11.6 Å². The third-order valence-corrected chi connectivity index (χ3v) is 5.09. The number of ether oxygens (including phenoxy) is 3. The van der Waals surface area contributed by atoms with Crippen LogP contribution in [-0.4, -0.2) is 39.3 Å². The highest BCUT2D eigenvalue weighted by molar-refractivity contribution is 6.31. The van der Waals surface area contributed by atoms with Gasteiger partial charge in [-0.05, 0) is 36.4 Å². The van der Waals surface area contributed by atoms with Gasteiger partial charge in [-0.2, -0.15) is 0 Å². The molecular formula is C24H25ClN4O4. The molecule has 0 aliphatic carbocycles. The van der Waals surface area contributed by atoms with E-state index in [1.165, 1.54) is 6.08 Å². The van der Waals surface area contributed by atoms with Gasteiger partial charge in [-0.15, -0.1) is 0 Å². The lowest BCUT2D eigenvalue weighted by Gasteiger charge is -2.22. The molecule has 0 saturated carbocycles. The van der Waals surface area contributed by atoms with Crippen molar-refractivity contribution in [3.05, 3.63) is 65.3 Å². The maximum Gasteiger partial charge on any atom is 0.248 e. The van der Waals surface area contributed by atoms with E-state index < -0.39 is 0 Å². The molecule has 8 nitrogen and oxygen atoms in total. The number of amides is 1. The fourth-order valence-electron chi connectivity index (χ4n) is 3.19. The number of nitrogens with one attached hydrogen (secondary N) is 1. The number of hydrogen-bond donors (Lipinski definition) is 2. The maximum atomic E-state index is 12.4. The molecule has 0 fully saturated rings. The molecule has 3 aromatic rings. The zero-order valence-electron chi connectivity index (χ0n) is 18.8. The number of nitrogens with zero attached hydrogens (tertiary/aromatic N) is 2. The predicted octanol–water partition coefficient (Wildman–Crippen LogP) is 4.76. The van der Waals surface area contributed by atoms with Crippen LogP contribution in [-0.2, 0) is 4.79 Å². The monoisotopic (exact) mass is 468 g/mol. The van der Waals surface area contributed by atoms with Crippen molar-refractivity contribution in [3.63, 3.8) is 0 Å². The highest BCUT2D eigenvalue weighted by Gasteiger charge is 2.17. The zero-order chi connectivity index (χ0) is 24.0. The number of nitrogen functional groups attached to an aromatic ring is 1. The quantitative estimate of drug-likeness (QED) is 0.363. The van der Waals surface area contributed by atoms with Crippen LogP contribution in [0.4, 0.5) is 22.9 Å². The number of methoxy groups -OCH3 is 3. The molecule has 1 aromatic heterocycles. The average Bonchev–Trinajstić information content (AvgIpc) is 2.83. The van der Waals surface area contributed by atoms with Crippen LogP contribution >= 0.6 is 11.6 Å². The standard InChI is InChI=1S/C24H25ClN4O4/c1-29(17-13-20(31-2)23(33-4)21(14-17)32-3)24-15(6-5-11-27-24)7-10-22(30)28-19-9-8-16(25)12-18(19)26/h5-14H,26H2,1-4H3,(H,28,30)/b10-7+. The van der Waals surface area contributed by atoms with Crippen LogP contribution < -0.4 is 30.2 Å². The van der Waals surface area contributed by atoms with Crippen LogP contribution in [0.15, 0.2) is 54.7 Å². The smallest absolute Gasteiger partial charge is 0.248 e. The highest BCUT2D eigenvalue weighted by Crippen LogP contribution is 2.42. The normalized spacial score (nSPS) is 10.7. The Hall–Kier alpha value is -3.91. The molecule has 172 valence electrons. The molecule has 0 saturated heterocycles. The Morgan fingerprint density at radius 2 is 1.79 bits per heavy atom. The van der Waals surface area contributed by atoms with E-state index in [2.05, 4.69) is 10.3 Å². The molecule has 0 radical (unpaired) electrons. The summed E-state index contributed by atoms with van der Waals surface area (Å²) in [7, 11) is 6.52. The molecular weight excluding hydrogens is 444 g/mol. The number of pyridine rings is 1. The SMILES string of the molecule is COc1cc(N(C)c2ncccc2/C=C/C(=O)Nc2ccc(Cl)cc2N)cc(OC)c1OC. The molecule has 9 heteroatoms. The van der Waals surface area contributed by atoms with Gasteiger partial charge in [-0.3, -0.25) is 4.79 Å². The second-order valence-corrected chi connectivity index (χ2v) is 7.35. The molecule has 0 spiro atoms. The van der Waals surface area contributed by atoms with Gasteiger partial charge < -0.3 is 30.2 Å². The van der Waals surface area contributed by atoms with Crippen LogP contribution in [0.3, 0.4) is 0 Å². The summed E-state index contributed by atoms with van der Waals surface area (Å²) in [5.41, 5.74) is 8.26. The maximum absolute atomic E-state index is 12.4. The van der Waals surface area contributed by atoms with Crippen molar-refractivity contribution in [1.82, 2.24) is 4.98 Å². The molecule has 33 heavy (non-hydrogen) atoms. The van der Waals surface area contributed by atoms with Gasteiger partial charge in [0.25, 0.3) is 0 Å². The minimum atomic E-state index is -0.339. The molecule has 0 bridgehead atoms. The van der Waals surface area contributed by atoms with Gasteiger partial charge in [0.2, 0.25) is 11.7 Å². The van der Waals surface area contributed by atoms with E-state index in [0.717, 1.165) is 11.3 Å². The Kier molecular flexibility index (Phi) is 7.63. The Labute approximate surface area is 197 Å². The lowest BCUT2D eigenvalue weighted by atomic mass is 10.2. The van der Waals surface area contributed by atoms with Crippen LogP contribution in [0, 0.1) is 0 Å². The zero-order valence-corrected chi connectivity index (χ0v) is 19.5. The lowest BCUT2D eigenvalue weighted by molar-refractivity contribution is -0.111. The summed E-state index contributed by atoms with van der Waals surface area (Å²) >= 11 is 5.91. The third-order valence-electron chi connectivity index (χ3n) is 4.86. The molecule has 3 N–H and O–H groups in total.